The third-order valence-electron chi connectivity index (χ3n) is 6.50. The Morgan fingerprint density at radius 3 is 2.87 bits per heavy atom. The summed E-state index contributed by atoms with van der Waals surface area (Å²) in [5.74, 6) is 2.03. The normalized spacial score (nSPS) is 22.5. The molecule has 0 bridgehead atoms. The van der Waals surface area contributed by atoms with Crippen LogP contribution in [-0.2, 0) is 11.3 Å². The molecule has 1 N–H and O–H groups in total. The first-order valence-corrected chi connectivity index (χ1v) is 12.5. The quantitative estimate of drug-likeness (QED) is 0.628. The Kier molecular flexibility index (Phi) is 6.46. The van der Waals surface area contributed by atoms with E-state index in [0.29, 0.717) is 24.4 Å². The molecule has 1 atom stereocenters. The number of nitrogens with zero attached hydrogens (tertiary/aromatic N) is 2. The van der Waals surface area contributed by atoms with E-state index in [4.69, 9.17) is 4.42 Å². The number of nitrogens with one attached hydrogen (secondary N) is 1. The van der Waals surface area contributed by atoms with E-state index in [1.165, 1.54) is 6.42 Å². The van der Waals surface area contributed by atoms with Crippen molar-refractivity contribution in [2.24, 2.45) is 0 Å². The Labute approximate surface area is 182 Å². The zero-order valence-electron chi connectivity index (χ0n) is 18.1. The first kappa shape index (κ1) is 21.3. The molecule has 1 aliphatic carbocycles. The number of thioether (sulfide) groups is 1. The molecular formula is C23H33N3O3S. The molecule has 0 aromatic carbocycles. The van der Waals surface area contributed by atoms with E-state index >= 15 is 0 Å². The van der Waals surface area contributed by atoms with Crippen molar-refractivity contribution >= 4 is 34.7 Å². The highest BCUT2D eigenvalue weighted by Crippen LogP contribution is 2.33. The van der Waals surface area contributed by atoms with Crippen molar-refractivity contribution in [1.82, 2.24) is 14.8 Å². The molecular weight excluding hydrogens is 398 g/mol. The van der Waals surface area contributed by atoms with E-state index in [1.807, 2.05) is 40.3 Å². The van der Waals surface area contributed by atoms with Gasteiger partial charge in [-0.25, -0.2) is 0 Å². The zero-order valence-corrected chi connectivity index (χ0v) is 18.9. The van der Waals surface area contributed by atoms with Crippen molar-refractivity contribution in [3.8, 4) is 0 Å². The number of rotatable bonds is 8. The molecule has 1 saturated carbocycles. The van der Waals surface area contributed by atoms with Gasteiger partial charge in [-0.3, -0.25) is 9.59 Å². The Morgan fingerprint density at radius 1 is 1.30 bits per heavy atom. The van der Waals surface area contributed by atoms with E-state index in [2.05, 4.69) is 12.2 Å². The van der Waals surface area contributed by atoms with E-state index in [-0.39, 0.29) is 17.9 Å². The van der Waals surface area contributed by atoms with Crippen LogP contribution in [-0.4, -0.2) is 50.9 Å². The molecule has 0 radical (unpaired) electrons. The summed E-state index contributed by atoms with van der Waals surface area (Å²) in [5, 5.41) is 3.28. The third-order valence-corrected chi connectivity index (χ3v) is 7.77. The van der Waals surface area contributed by atoms with Crippen molar-refractivity contribution in [3.05, 3.63) is 24.1 Å². The molecule has 6 nitrogen and oxygen atoms in total. The molecule has 1 aliphatic heterocycles. The number of hydrogen-bond acceptors (Lipinski definition) is 4. The standard InChI is InChI=1S/C23H33N3O3S/c1-3-13-30-14-7-11-26-21(27)19-15-20-18(10-12-29-20)25(19)16-23(26,2)22(28)24-17-8-5-4-6-9-17/h10,12,15,17H,3-9,11,13-14,16H2,1-2H3,(H,24,28). The second-order valence-electron chi connectivity index (χ2n) is 8.79. The number of amides is 2. The van der Waals surface area contributed by atoms with Crippen LogP contribution in [0.25, 0.3) is 11.1 Å². The molecule has 7 heteroatoms. The first-order valence-electron chi connectivity index (χ1n) is 11.3. The lowest BCUT2D eigenvalue weighted by atomic mass is 9.91. The maximum Gasteiger partial charge on any atom is 0.271 e. The van der Waals surface area contributed by atoms with Crippen LogP contribution in [0, 0.1) is 0 Å². The number of hydrogen-bond donors (Lipinski definition) is 1. The SMILES string of the molecule is CCCSCCCN1C(=O)c2cc3occc3n2CC1(C)C(=O)NC1CCCCC1. The number of carbonyl (C=O) groups is 2. The van der Waals surface area contributed by atoms with Gasteiger partial charge in [0, 0.05) is 24.7 Å². The third kappa shape index (κ3) is 4.01. The smallest absolute Gasteiger partial charge is 0.271 e. The summed E-state index contributed by atoms with van der Waals surface area (Å²) in [6.07, 6.45) is 9.32. The molecule has 2 aromatic heterocycles. The van der Waals surface area contributed by atoms with Gasteiger partial charge in [0.15, 0.2) is 5.58 Å². The van der Waals surface area contributed by atoms with Crippen LogP contribution in [0.2, 0.25) is 0 Å². The second-order valence-corrected chi connectivity index (χ2v) is 10.0. The van der Waals surface area contributed by atoms with Gasteiger partial charge >= 0.3 is 0 Å². The van der Waals surface area contributed by atoms with Crippen molar-refractivity contribution < 1.29 is 14.0 Å². The Bertz CT molecular complexity index is 899. The molecule has 30 heavy (non-hydrogen) atoms. The monoisotopic (exact) mass is 431 g/mol. The molecule has 2 aliphatic rings. The number of carbonyl (C=O) groups excluding carboxylic acids is 2. The molecule has 2 aromatic rings. The van der Waals surface area contributed by atoms with Crippen LogP contribution < -0.4 is 5.32 Å². The number of furan rings is 1. The van der Waals surface area contributed by atoms with E-state index in [9.17, 15) is 9.59 Å². The average molecular weight is 432 g/mol. The summed E-state index contributed by atoms with van der Waals surface area (Å²) in [6.45, 7) is 5.16. The van der Waals surface area contributed by atoms with Crippen LogP contribution in [0.15, 0.2) is 22.8 Å². The minimum Gasteiger partial charge on any atom is -0.463 e. The van der Waals surface area contributed by atoms with E-state index < -0.39 is 5.54 Å². The Morgan fingerprint density at radius 2 is 2.10 bits per heavy atom. The molecule has 1 fully saturated rings. The van der Waals surface area contributed by atoms with Gasteiger partial charge < -0.3 is 19.2 Å². The van der Waals surface area contributed by atoms with Crippen molar-refractivity contribution in [1.29, 1.82) is 0 Å². The van der Waals surface area contributed by atoms with E-state index in [1.54, 1.807) is 6.26 Å². The minimum atomic E-state index is -0.903. The maximum atomic E-state index is 13.5. The Balaban J connectivity index is 1.59. The molecule has 3 heterocycles. The van der Waals surface area contributed by atoms with Crippen LogP contribution in [0.5, 0.6) is 0 Å². The fourth-order valence-corrected chi connectivity index (χ4v) is 5.61. The fraction of sp³-hybridized carbons (Fsp3) is 0.652. The fourth-order valence-electron chi connectivity index (χ4n) is 4.78. The van der Waals surface area contributed by atoms with Gasteiger partial charge in [-0.1, -0.05) is 26.2 Å². The molecule has 4 rings (SSSR count). The predicted octanol–water partition coefficient (Wildman–Crippen LogP) is 4.43. The van der Waals surface area contributed by atoms with Gasteiger partial charge in [0.25, 0.3) is 5.91 Å². The van der Waals surface area contributed by atoms with Crippen LogP contribution in [0.1, 0.15) is 69.3 Å². The lowest BCUT2D eigenvalue weighted by molar-refractivity contribution is -0.133. The van der Waals surface area contributed by atoms with Crippen molar-refractivity contribution in [2.45, 2.75) is 76.9 Å². The van der Waals surface area contributed by atoms with Crippen molar-refractivity contribution in [2.75, 3.05) is 18.1 Å². The summed E-state index contributed by atoms with van der Waals surface area (Å²) in [7, 11) is 0. The lowest BCUT2D eigenvalue weighted by Crippen LogP contribution is -2.65. The van der Waals surface area contributed by atoms with Gasteiger partial charge in [-0.2, -0.15) is 11.8 Å². The first-order chi connectivity index (χ1) is 14.5. The van der Waals surface area contributed by atoms with Gasteiger partial charge in [0.2, 0.25) is 5.91 Å². The van der Waals surface area contributed by atoms with Crippen molar-refractivity contribution in [3.63, 3.8) is 0 Å². The minimum absolute atomic E-state index is 0.0278. The highest BCUT2D eigenvalue weighted by molar-refractivity contribution is 7.99. The van der Waals surface area contributed by atoms with Gasteiger partial charge in [-0.15, -0.1) is 0 Å². The summed E-state index contributed by atoms with van der Waals surface area (Å²) in [6, 6.07) is 3.91. The highest BCUT2D eigenvalue weighted by Gasteiger charge is 2.48. The van der Waals surface area contributed by atoms with Crippen LogP contribution >= 0.6 is 11.8 Å². The molecule has 0 spiro atoms. The van der Waals surface area contributed by atoms with Crippen LogP contribution in [0.4, 0.5) is 0 Å². The number of aromatic nitrogens is 1. The average Bonchev–Trinajstić information content (AvgIpc) is 3.33. The van der Waals surface area contributed by atoms with Gasteiger partial charge in [0.05, 0.1) is 18.3 Å². The number of fused-ring (bicyclic) bond motifs is 3. The molecule has 2 amide bonds. The van der Waals surface area contributed by atoms with E-state index in [0.717, 1.165) is 55.5 Å². The lowest BCUT2D eigenvalue weighted by Gasteiger charge is -2.44. The summed E-state index contributed by atoms with van der Waals surface area (Å²) in [4.78, 5) is 28.8. The topological polar surface area (TPSA) is 67.5 Å². The molecule has 164 valence electrons. The summed E-state index contributed by atoms with van der Waals surface area (Å²) in [5.41, 5.74) is 1.30. The maximum absolute atomic E-state index is 13.5. The molecule has 1 unspecified atom stereocenters. The summed E-state index contributed by atoms with van der Waals surface area (Å²) < 4.78 is 7.50. The second kappa shape index (κ2) is 9.08. The zero-order chi connectivity index (χ0) is 21.1. The largest absolute Gasteiger partial charge is 0.463 e. The predicted molar refractivity (Wildman–Crippen MR) is 121 cm³/mol. The molecule has 0 saturated heterocycles. The summed E-state index contributed by atoms with van der Waals surface area (Å²) >= 11 is 1.91. The van der Waals surface area contributed by atoms with Crippen LogP contribution in [0.3, 0.4) is 0 Å². The van der Waals surface area contributed by atoms with Gasteiger partial charge in [0.1, 0.15) is 11.2 Å². The van der Waals surface area contributed by atoms with Gasteiger partial charge in [-0.05, 0) is 44.1 Å². The highest BCUT2D eigenvalue weighted by atomic mass is 32.2. The Hall–Kier alpha value is -1.89.